The normalized spacial score (nSPS) is 11.4. The number of para-hydroxylation sites is 2. The van der Waals surface area contributed by atoms with Crippen LogP contribution in [0.25, 0.3) is 20.2 Å². The Hall–Kier alpha value is -5.99. The predicted molar refractivity (Wildman–Crippen MR) is 234 cm³/mol. The van der Waals surface area contributed by atoms with Crippen molar-refractivity contribution in [3.63, 3.8) is 0 Å². The Morgan fingerprint density at radius 2 is 0.642 bits per heavy atom. The van der Waals surface area contributed by atoms with E-state index in [-0.39, 0.29) is 0 Å². The molecule has 0 unspecified atom stereocenters. The molecule has 0 saturated heterocycles. The van der Waals surface area contributed by atoms with Crippen molar-refractivity contribution in [1.82, 2.24) is 0 Å². The fourth-order valence-corrected chi connectivity index (χ4v) is 13.7. The summed E-state index contributed by atoms with van der Waals surface area (Å²) in [5, 5.41) is 18.4. The van der Waals surface area contributed by atoms with Crippen molar-refractivity contribution in [3.05, 3.63) is 206 Å². The summed E-state index contributed by atoms with van der Waals surface area (Å²) in [6.07, 6.45) is 0. The SMILES string of the molecule is c1ccc([Si](c2ccccc2)c2ccccc2Nc2ccc3sc4ccc(Nc5ccccc5[Si](c5ccccc5)c5ccccc5)cc4c3c2)cc1. The summed E-state index contributed by atoms with van der Waals surface area (Å²) in [5.41, 5.74) is 4.49. The van der Waals surface area contributed by atoms with E-state index in [2.05, 4.69) is 217 Å². The zero-order chi connectivity index (χ0) is 35.4. The van der Waals surface area contributed by atoms with Gasteiger partial charge in [0.2, 0.25) is 0 Å². The molecule has 0 fully saturated rings. The molecule has 0 atom stereocenters. The van der Waals surface area contributed by atoms with Crippen LogP contribution >= 0.6 is 11.3 Å². The number of benzene rings is 8. The molecule has 0 bridgehead atoms. The summed E-state index contributed by atoms with van der Waals surface area (Å²) in [5.74, 6) is 0. The highest BCUT2D eigenvalue weighted by molar-refractivity contribution is 7.25. The molecule has 9 rings (SSSR count). The number of fused-ring (bicyclic) bond motifs is 3. The molecule has 0 spiro atoms. The molecule has 252 valence electrons. The molecule has 2 radical (unpaired) electrons. The van der Waals surface area contributed by atoms with E-state index in [1.807, 2.05) is 11.3 Å². The Labute approximate surface area is 318 Å². The lowest BCUT2D eigenvalue weighted by molar-refractivity contribution is 1.59. The van der Waals surface area contributed by atoms with Gasteiger partial charge in [-0.05, 0) is 58.9 Å². The van der Waals surface area contributed by atoms with E-state index in [4.69, 9.17) is 0 Å². The highest BCUT2D eigenvalue weighted by Gasteiger charge is 2.24. The Morgan fingerprint density at radius 3 is 1.00 bits per heavy atom. The zero-order valence-corrected chi connectivity index (χ0v) is 31.9. The second-order valence-electron chi connectivity index (χ2n) is 13.1. The zero-order valence-electron chi connectivity index (χ0n) is 29.0. The Balaban J connectivity index is 1.07. The van der Waals surface area contributed by atoms with Crippen LogP contribution in [0.3, 0.4) is 0 Å². The van der Waals surface area contributed by atoms with E-state index in [1.165, 1.54) is 51.3 Å². The lowest BCUT2D eigenvalue weighted by atomic mass is 10.1. The maximum atomic E-state index is 3.86. The first kappa shape index (κ1) is 32.9. The minimum Gasteiger partial charge on any atom is -0.356 e. The number of anilines is 4. The van der Waals surface area contributed by atoms with Gasteiger partial charge in [-0.3, -0.25) is 0 Å². The summed E-state index contributed by atoms with van der Waals surface area (Å²) < 4.78 is 2.57. The van der Waals surface area contributed by atoms with Gasteiger partial charge in [0.1, 0.15) is 0 Å². The second kappa shape index (κ2) is 14.9. The molecule has 0 aliphatic heterocycles. The van der Waals surface area contributed by atoms with Crippen molar-refractivity contribution in [2.24, 2.45) is 0 Å². The van der Waals surface area contributed by atoms with E-state index in [0.29, 0.717) is 0 Å². The molecule has 0 amide bonds. The minimum absolute atomic E-state index is 1.09. The highest BCUT2D eigenvalue weighted by Crippen LogP contribution is 2.37. The van der Waals surface area contributed by atoms with Gasteiger partial charge >= 0.3 is 0 Å². The third kappa shape index (κ3) is 6.86. The molecule has 9 aromatic rings. The molecule has 0 aliphatic carbocycles. The second-order valence-corrected chi connectivity index (χ2v) is 19.0. The molecule has 8 aromatic carbocycles. The average molecular weight is 729 g/mol. The smallest absolute Gasteiger partial charge is 0.157 e. The fraction of sp³-hybridized carbons (Fsp3) is 0. The van der Waals surface area contributed by atoms with Gasteiger partial charge in [0.05, 0.1) is 0 Å². The Bertz CT molecular complexity index is 2370. The molecule has 1 aromatic heterocycles. The van der Waals surface area contributed by atoms with Crippen LogP contribution in [0.5, 0.6) is 0 Å². The van der Waals surface area contributed by atoms with Gasteiger partial charge < -0.3 is 10.6 Å². The van der Waals surface area contributed by atoms with Crippen molar-refractivity contribution in [1.29, 1.82) is 0 Å². The molecule has 2 N–H and O–H groups in total. The van der Waals surface area contributed by atoms with Gasteiger partial charge in [-0.2, -0.15) is 0 Å². The number of rotatable bonds is 10. The summed E-state index contributed by atoms with van der Waals surface area (Å²) >= 11 is 1.85. The Kier molecular flexibility index (Phi) is 9.27. The van der Waals surface area contributed by atoms with E-state index in [1.54, 1.807) is 0 Å². The maximum absolute atomic E-state index is 3.86. The maximum Gasteiger partial charge on any atom is 0.157 e. The van der Waals surface area contributed by atoms with Crippen LogP contribution in [-0.2, 0) is 0 Å². The van der Waals surface area contributed by atoms with Crippen LogP contribution in [0, 0.1) is 0 Å². The van der Waals surface area contributed by atoms with Crippen molar-refractivity contribution < 1.29 is 0 Å². The standard InChI is InChI=1S/C48H36N2SSi2/c1-5-17-37(18-6-1)52(38-19-7-2-8-20-38)47-27-15-13-25-43(47)49-35-29-31-45-41(33-35)42-34-36(30-32-46(42)51-45)50-44-26-14-16-28-48(44)53(39-21-9-3-10-22-39)40-23-11-4-12-24-40/h1-34,49-50H. The van der Waals surface area contributed by atoms with Gasteiger partial charge in [0.15, 0.2) is 17.6 Å². The van der Waals surface area contributed by atoms with Crippen molar-refractivity contribution in [2.45, 2.75) is 0 Å². The Morgan fingerprint density at radius 1 is 0.321 bits per heavy atom. The van der Waals surface area contributed by atoms with Crippen LogP contribution in [0.4, 0.5) is 22.7 Å². The van der Waals surface area contributed by atoms with Gasteiger partial charge in [-0.25, -0.2) is 0 Å². The van der Waals surface area contributed by atoms with Crippen LogP contribution in [-0.4, -0.2) is 17.6 Å². The van der Waals surface area contributed by atoms with Crippen molar-refractivity contribution in [3.8, 4) is 0 Å². The van der Waals surface area contributed by atoms with E-state index in [9.17, 15) is 0 Å². The molecule has 0 saturated carbocycles. The van der Waals surface area contributed by atoms with Gasteiger partial charge in [-0.1, -0.05) is 178 Å². The van der Waals surface area contributed by atoms with Crippen molar-refractivity contribution >= 4 is 103 Å². The minimum atomic E-state index is -1.24. The van der Waals surface area contributed by atoms with Gasteiger partial charge in [0.25, 0.3) is 0 Å². The van der Waals surface area contributed by atoms with Gasteiger partial charge in [0, 0.05) is 42.9 Å². The topological polar surface area (TPSA) is 24.1 Å². The molecule has 0 aliphatic rings. The van der Waals surface area contributed by atoms with Crippen LogP contribution in [0.2, 0.25) is 0 Å². The number of nitrogens with one attached hydrogen (secondary N) is 2. The molecular weight excluding hydrogens is 693 g/mol. The quantitative estimate of drug-likeness (QED) is 0.109. The third-order valence-electron chi connectivity index (χ3n) is 9.67. The fourth-order valence-electron chi connectivity index (χ4n) is 7.24. The molecule has 2 nitrogen and oxygen atoms in total. The highest BCUT2D eigenvalue weighted by atomic mass is 32.1. The molecule has 5 heteroatoms. The van der Waals surface area contributed by atoms with E-state index >= 15 is 0 Å². The first-order valence-corrected chi connectivity index (χ1v) is 21.7. The van der Waals surface area contributed by atoms with Crippen LogP contribution < -0.4 is 41.8 Å². The summed E-state index contributed by atoms with van der Waals surface area (Å²) in [7, 11) is -2.48. The first-order valence-electron chi connectivity index (χ1n) is 17.9. The lowest BCUT2D eigenvalue weighted by Crippen LogP contribution is -2.52. The third-order valence-corrected chi connectivity index (χ3v) is 16.4. The summed E-state index contributed by atoms with van der Waals surface area (Å²) in [4.78, 5) is 0. The number of thiophene rings is 1. The van der Waals surface area contributed by atoms with Crippen molar-refractivity contribution in [2.75, 3.05) is 10.6 Å². The van der Waals surface area contributed by atoms with E-state index in [0.717, 1.165) is 22.7 Å². The number of hydrogen-bond donors (Lipinski definition) is 2. The average Bonchev–Trinajstić information content (AvgIpc) is 3.58. The summed E-state index contributed by atoms with van der Waals surface area (Å²) in [6.45, 7) is 0. The summed E-state index contributed by atoms with van der Waals surface area (Å²) in [6, 6.07) is 75.1. The monoisotopic (exact) mass is 728 g/mol. The number of hydrogen-bond acceptors (Lipinski definition) is 3. The molecule has 1 heterocycles. The molecule has 53 heavy (non-hydrogen) atoms. The van der Waals surface area contributed by atoms with E-state index < -0.39 is 17.6 Å². The van der Waals surface area contributed by atoms with Crippen LogP contribution in [0.1, 0.15) is 0 Å². The lowest BCUT2D eigenvalue weighted by Gasteiger charge is -2.21. The molecular formula is C48H36N2SSi2. The largest absolute Gasteiger partial charge is 0.356 e. The predicted octanol–water partition coefficient (Wildman–Crippen LogP) is 8.57. The van der Waals surface area contributed by atoms with Gasteiger partial charge in [-0.15, -0.1) is 11.3 Å². The first-order chi connectivity index (χ1) is 26.3. The van der Waals surface area contributed by atoms with Crippen LogP contribution in [0.15, 0.2) is 206 Å².